The Balaban J connectivity index is 1.55. The molecule has 9 heteroatoms. The minimum absolute atomic E-state index is 0.323. The molecule has 0 unspecified atom stereocenters. The average molecular weight is 422 g/mol. The molecule has 5 aromatic heterocycles. The summed E-state index contributed by atoms with van der Waals surface area (Å²) >= 11 is 0. The van der Waals surface area contributed by atoms with Crippen LogP contribution < -0.4 is 5.73 Å². The maximum Gasteiger partial charge on any atom is 0.178 e. The lowest BCUT2D eigenvalue weighted by atomic mass is 10.0. The molecule has 0 spiro atoms. The SMILES string of the molecule is Nc1cncc(-c2ccc3[nH]nc(-c4nc5nccc(-c6ccccn6)c5[nH]4)c3c2F)c1. The molecule has 154 valence electrons. The van der Waals surface area contributed by atoms with Gasteiger partial charge < -0.3 is 10.7 Å². The minimum Gasteiger partial charge on any atom is -0.397 e. The molecule has 0 aliphatic heterocycles. The number of hydrogen-bond acceptors (Lipinski definition) is 6. The number of H-pyrrole nitrogens is 2. The summed E-state index contributed by atoms with van der Waals surface area (Å²) in [4.78, 5) is 20.7. The summed E-state index contributed by atoms with van der Waals surface area (Å²) in [7, 11) is 0. The fourth-order valence-corrected chi connectivity index (χ4v) is 3.83. The van der Waals surface area contributed by atoms with Crippen molar-refractivity contribution >= 4 is 27.8 Å². The average Bonchev–Trinajstić information content (AvgIpc) is 3.44. The second-order valence-corrected chi connectivity index (χ2v) is 7.29. The van der Waals surface area contributed by atoms with Crippen LogP contribution in [-0.2, 0) is 0 Å². The topological polar surface area (TPSA) is 122 Å². The monoisotopic (exact) mass is 422 g/mol. The van der Waals surface area contributed by atoms with Crippen LogP contribution in [0.2, 0.25) is 0 Å². The van der Waals surface area contributed by atoms with E-state index in [4.69, 9.17) is 5.73 Å². The molecule has 0 atom stereocenters. The number of aromatic nitrogens is 7. The number of nitrogens with zero attached hydrogens (tertiary/aromatic N) is 5. The predicted octanol–water partition coefficient (Wildman–Crippen LogP) is 4.35. The van der Waals surface area contributed by atoms with Crippen LogP contribution in [0, 0.1) is 5.82 Å². The summed E-state index contributed by atoms with van der Waals surface area (Å²) < 4.78 is 15.7. The maximum absolute atomic E-state index is 15.7. The molecule has 4 N–H and O–H groups in total. The molecular formula is C23H15FN8. The molecule has 0 saturated heterocycles. The van der Waals surface area contributed by atoms with Crippen molar-refractivity contribution in [2.45, 2.75) is 0 Å². The third-order valence-electron chi connectivity index (χ3n) is 5.29. The Labute approximate surface area is 180 Å². The van der Waals surface area contributed by atoms with Gasteiger partial charge in [-0.15, -0.1) is 0 Å². The minimum atomic E-state index is -0.433. The van der Waals surface area contributed by atoms with Crippen molar-refractivity contribution in [3.05, 3.63) is 73.1 Å². The molecule has 6 aromatic rings. The van der Waals surface area contributed by atoms with Crippen LogP contribution in [0.1, 0.15) is 0 Å². The van der Waals surface area contributed by atoms with Crippen LogP contribution >= 0.6 is 0 Å². The van der Waals surface area contributed by atoms with Gasteiger partial charge in [0.25, 0.3) is 0 Å². The van der Waals surface area contributed by atoms with Crippen molar-refractivity contribution in [3.63, 3.8) is 0 Å². The number of halogens is 1. The van der Waals surface area contributed by atoms with E-state index in [1.165, 1.54) is 6.20 Å². The van der Waals surface area contributed by atoms with Crippen molar-refractivity contribution in [2.75, 3.05) is 5.73 Å². The van der Waals surface area contributed by atoms with Gasteiger partial charge in [-0.05, 0) is 36.4 Å². The number of anilines is 1. The zero-order valence-corrected chi connectivity index (χ0v) is 16.5. The third-order valence-corrected chi connectivity index (χ3v) is 5.29. The maximum atomic E-state index is 15.7. The van der Waals surface area contributed by atoms with Crippen molar-refractivity contribution in [1.82, 2.24) is 35.1 Å². The molecule has 1 aromatic carbocycles. The normalized spacial score (nSPS) is 11.4. The van der Waals surface area contributed by atoms with Crippen molar-refractivity contribution in [3.8, 4) is 33.9 Å². The molecule has 5 heterocycles. The van der Waals surface area contributed by atoms with Gasteiger partial charge in [-0.2, -0.15) is 5.10 Å². The largest absolute Gasteiger partial charge is 0.397 e. The number of hydrogen-bond donors (Lipinski definition) is 3. The van der Waals surface area contributed by atoms with E-state index < -0.39 is 5.82 Å². The van der Waals surface area contributed by atoms with Gasteiger partial charge >= 0.3 is 0 Å². The number of rotatable bonds is 3. The van der Waals surface area contributed by atoms with E-state index in [0.717, 1.165) is 11.3 Å². The highest BCUT2D eigenvalue weighted by Crippen LogP contribution is 2.35. The Bertz CT molecular complexity index is 1600. The predicted molar refractivity (Wildman–Crippen MR) is 120 cm³/mol. The highest BCUT2D eigenvalue weighted by Gasteiger charge is 2.20. The standard InChI is InChI=1S/C23H15FN8/c24-19-14(12-9-13(25)11-26-10-12)4-5-17-18(19)21(32-31-17)23-29-20-15(6-8-28-22(20)30-23)16-3-1-2-7-27-16/h1-11H,25H2,(H,31,32)(H,28,29,30). The number of pyridine rings is 3. The van der Waals surface area contributed by atoms with E-state index in [-0.39, 0.29) is 0 Å². The smallest absolute Gasteiger partial charge is 0.178 e. The first-order valence-corrected chi connectivity index (χ1v) is 9.83. The summed E-state index contributed by atoms with van der Waals surface area (Å²) in [5, 5.41) is 7.54. The third kappa shape index (κ3) is 2.79. The molecule has 0 bridgehead atoms. The first-order valence-electron chi connectivity index (χ1n) is 9.83. The number of nitrogens with one attached hydrogen (secondary N) is 2. The van der Waals surface area contributed by atoms with E-state index in [2.05, 4.69) is 35.1 Å². The molecular weight excluding hydrogens is 407 g/mol. The van der Waals surface area contributed by atoms with Crippen LogP contribution in [0.5, 0.6) is 0 Å². The van der Waals surface area contributed by atoms with Gasteiger partial charge in [0.1, 0.15) is 11.5 Å². The van der Waals surface area contributed by atoms with Crippen molar-refractivity contribution in [2.24, 2.45) is 0 Å². The van der Waals surface area contributed by atoms with Crippen molar-refractivity contribution in [1.29, 1.82) is 0 Å². The summed E-state index contributed by atoms with van der Waals surface area (Å²) in [5.41, 5.74) is 11.0. The second kappa shape index (κ2) is 6.95. The van der Waals surface area contributed by atoms with Gasteiger partial charge in [0.15, 0.2) is 11.5 Å². The summed E-state index contributed by atoms with van der Waals surface area (Å²) in [5.74, 6) is -0.0269. The van der Waals surface area contributed by atoms with Gasteiger partial charge in [-0.1, -0.05) is 6.07 Å². The van der Waals surface area contributed by atoms with Gasteiger partial charge in [0.05, 0.1) is 27.8 Å². The van der Waals surface area contributed by atoms with Crippen LogP contribution in [0.3, 0.4) is 0 Å². The molecule has 0 saturated carbocycles. The molecule has 32 heavy (non-hydrogen) atoms. The van der Waals surface area contributed by atoms with Crippen molar-refractivity contribution < 1.29 is 4.39 Å². The lowest BCUT2D eigenvalue weighted by molar-refractivity contribution is 0.643. The Morgan fingerprint density at radius 1 is 0.938 bits per heavy atom. The van der Waals surface area contributed by atoms with E-state index in [1.54, 1.807) is 36.8 Å². The quantitative estimate of drug-likeness (QED) is 0.390. The van der Waals surface area contributed by atoms with Gasteiger partial charge in [-0.3, -0.25) is 15.1 Å². The lowest BCUT2D eigenvalue weighted by Gasteiger charge is -2.05. The number of nitrogens with two attached hydrogens (primary N) is 1. The fourth-order valence-electron chi connectivity index (χ4n) is 3.83. The zero-order valence-electron chi connectivity index (χ0n) is 16.5. The van der Waals surface area contributed by atoms with Crippen LogP contribution in [0.25, 0.3) is 56.0 Å². The van der Waals surface area contributed by atoms with E-state index in [9.17, 15) is 0 Å². The molecule has 8 nitrogen and oxygen atoms in total. The molecule has 0 fully saturated rings. The first-order chi connectivity index (χ1) is 15.7. The highest BCUT2D eigenvalue weighted by molar-refractivity contribution is 5.97. The lowest BCUT2D eigenvalue weighted by Crippen LogP contribution is -1.91. The van der Waals surface area contributed by atoms with Gasteiger partial charge in [-0.25, -0.2) is 14.4 Å². The fraction of sp³-hybridized carbons (Fsp3) is 0. The summed E-state index contributed by atoms with van der Waals surface area (Å²) in [6, 6.07) is 12.7. The van der Waals surface area contributed by atoms with Crippen LogP contribution in [0.15, 0.2) is 67.3 Å². The summed E-state index contributed by atoms with van der Waals surface area (Å²) in [6.45, 7) is 0. The molecule has 0 radical (unpaired) electrons. The molecule has 0 aliphatic rings. The number of benzene rings is 1. The summed E-state index contributed by atoms with van der Waals surface area (Å²) in [6.07, 6.45) is 6.49. The van der Waals surface area contributed by atoms with Gasteiger partial charge in [0, 0.05) is 41.5 Å². The van der Waals surface area contributed by atoms with Crippen LogP contribution in [-0.4, -0.2) is 35.1 Å². The van der Waals surface area contributed by atoms with E-state index >= 15 is 4.39 Å². The number of nitrogen functional groups attached to an aromatic ring is 1. The Morgan fingerprint density at radius 2 is 1.88 bits per heavy atom. The number of fused-ring (bicyclic) bond motifs is 2. The Hall–Kier alpha value is -4.66. The van der Waals surface area contributed by atoms with E-state index in [1.807, 2.05) is 24.3 Å². The zero-order chi connectivity index (χ0) is 21.7. The molecule has 0 aliphatic carbocycles. The number of imidazole rings is 1. The van der Waals surface area contributed by atoms with E-state index in [0.29, 0.717) is 50.4 Å². The number of aromatic amines is 2. The first kappa shape index (κ1) is 18.1. The Morgan fingerprint density at radius 3 is 2.72 bits per heavy atom. The van der Waals surface area contributed by atoms with Gasteiger partial charge in [0.2, 0.25) is 0 Å². The second-order valence-electron chi connectivity index (χ2n) is 7.29. The van der Waals surface area contributed by atoms with Crippen LogP contribution in [0.4, 0.5) is 10.1 Å². The molecule has 6 rings (SSSR count). The molecule has 0 amide bonds. The Kier molecular flexibility index (Phi) is 3.94. The highest BCUT2D eigenvalue weighted by atomic mass is 19.1.